The Balaban J connectivity index is 2.11. The predicted octanol–water partition coefficient (Wildman–Crippen LogP) is 6.46. The summed E-state index contributed by atoms with van der Waals surface area (Å²) in [6.07, 6.45) is 0.890. The molecule has 0 atom stereocenters. The molecule has 0 aliphatic heterocycles. The molecule has 0 radical (unpaired) electrons. The Morgan fingerprint density at radius 2 is 1.39 bits per heavy atom. The molecule has 4 rings (SSSR count). The summed E-state index contributed by atoms with van der Waals surface area (Å²) in [6.45, 7) is 9.10. The van der Waals surface area contributed by atoms with Crippen LogP contribution < -0.4 is 0 Å². The molecule has 3 aromatic carbocycles. The van der Waals surface area contributed by atoms with Gasteiger partial charge in [0.2, 0.25) is 0 Å². The van der Waals surface area contributed by atoms with Gasteiger partial charge in [-0.2, -0.15) is 0 Å². The van der Waals surface area contributed by atoms with Crippen molar-refractivity contribution in [2.45, 2.75) is 46.0 Å². The summed E-state index contributed by atoms with van der Waals surface area (Å²) < 4.78 is 0. The molecular formula is C25H27N3. The van der Waals surface area contributed by atoms with Gasteiger partial charge in [-0.05, 0) is 46.1 Å². The van der Waals surface area contributed by atoms with E-state index < -0.39 is 0 Å². The molecule has 0 aliphatic rings. The van der Waals surface area contributed by atoms with Crippen LogP contribution in [0.4, 0.5) is 0 Å². The summed E-state index contributed by atoms with van der Waals surface area (Å²) in [5, 5.41) is 11.9. The third-order valence-electron chi connectivity index (χ3n) is 5.41. The second-order valence-electron chi connectivity index (χ2n) is 8.05. The molecule has 142 valence electrons. The molecule has 0 saturated carbocycles. The molecule has 1 N–H and O–H groups in total. The Bertz CT molecular complexity index is 1080. The molecule has 0 aliphatic carbocycles. The van der Waals surface area contributed by atoms with E-state index in [1.54, 1.807) is 0 Å². The summed E-state index contributed by atoms with van der Waals surface area (Å²) in [5.41, 5.74) is 9.93. The van der Waals surface area contributed by atoms with Crippen LogP contribution in [0.5, 0.6) is 0 Å². The quantitative estimate of drug-likeness (QED) is 0.438. The maximum atomic E-state index is 4.54. The number of aromatic amines is 1. The number of hydrogen-bond donors (Lipinski definition) is 1. The van der Waals surface area contributed by atoms with Crippen molar-refractivity contribution in [2.75, 3.05) is 0 Å². The molecule has 4 aromatic rings. The van der Waals surface area contributed by atoms with Gasteiger partial charge in [-0.3, -0.25) is 5.10 Å². The molecule has 1 aromatic heterocycles. The molecule has 1 heterocycles. The minimum atomic E-state index is 0.390. The van der Waals surface area contributed by atoms with Gasteiger partial charge in [0.1, 0.15) is 5.52 Å². The van der Waals surface area contributed by atoms with E-state index in [1.165, 1.54) is 33.4 Å². The lowest BCUT2D eigenvalue weighted by atomic mass is 9.79. The van der Waals surface area contributed by atoms with Crippen LogP contribution in [0.25, 0.3) is 22.2 Å². The summed E-state index contributed by atoms with van der Waals surface area (Å²) in [6, 6.07) is 21.3. The SMILES string of the molecule is CC(C)c1c(Cc2ccccc2)c(-c2ccccc2)c2nn[nH]c2c1C(C)C. The van der Waals surface area contributed by atoms with Crippen molar-refractivity contribution in [3.63, 3.8) is 0 Å². The van der Waals surface area contributed by atoms with E-state index >= 15 is 0 Å². The zero-order chi connectivity index (χ0) is 19.7. The van der Waals surface area contributed by atoms with E-state index in [-0.39, 0.29) is 0 Å². The molecule has 0 amide bonds. The molecule has 28 heavy (non-hydrogen) atoms. The second-order valence-corrected chi connectivity index (χ2v) is 8.05. The summed E-state index contributed by atoms with van der Waals surface area (Å²) in [5.74, 6) is 0.799. The van der Waals surface area contributed by atoms with E-state index in [2.05, 4.69) is 104 Å². The van der Waals surface area contributed by atoms with Gasteiger partial charge in [0.05, 0.1) is 5.52 Å². The van der Waals surface area contributed by atoms with Crippen molar-refractivity contribution in [2.24, 2.45) is 0 Å². The Hall–Kier alpha value is -2.94. The summed E-state index contributed by atoms with van der Waals surface area (Å²) >= 11 is 0. The first-order valence-corrected chi connectivity index (χ1v) is 10.1. The van der Waals surface area contributed by atoms with E-state index in [0.717, 1.165) is 17.5 Å². The monoisotopic (exact) mass is 369 g/mol. The maximum absolute atomic E-state index is 4.54. The lowest BCUT2D eigenvalue weighted by Gasteiger charge is -2.24. The van der Waals surface area contributed by atoms with E-state index in [9.17, 15) is 0 Å². The van der Waals surface area contributed by atoms with Gasteiger partial charge in [-0.15, -0.1) is 5.10 Å². The van der Waals surface area contributed by atoms with E-state index in [4.69, 9.17) is 0 Å². The van der Waals surface area contributed by atoms with E-state index in [0.29, 0.717) is 11.8 Å². The molecule has 0 bridgehead atoms. The zero-order valence-electron chi connectivity index (χ0n) is 17.0. The zero-order valence-corrected chi connectivity index (χ0v) is 17.0. The second kappa shape index (κ2) is 7.59. The average molecular weight is 370 g/mol. The van der Waals surface area contributed by atoms with Gasteiger partial charge in [0, 0.05) is 5.56 Å². The highest BCUT2D eigenvalue weighted by Gasteiger charge is 2.25. The summed E-state index contributed by atoms with van der Waals surface area (Å²) in [7, 11) is 0. The molecule has 0 saturated heterocycles. The van der Waals surface area contributed by atoms with Gasteiger partial charge < -0.3 is 0 Å². The largest absolute Gasteiger partial charge is 0.257 e. The Kier molecular flexibility index (Phi) is 4.99. The molecular weight excluding hydrogens is 342 g/mol. The highest BCUT2D eigenvalue weighted by molar-refractivity contribution is 5.97. The number of H-pyrrole nitrogens is 1. The topological polar surface area (TPSA) is 41.6 Å². The molecule has 0 unspecified atom stereocenters. The lowest BCUT2D eigenvalue weighted by Crippen LogP contribution is -2.08. The predicted molar refractivity (Wildman–Crippen MR) is 117 cm³/mol. The van der Waals surface area contributed by atoms with Crippen molar-refractivity contribution >= 4 is 11.0 Å². The van der Waals surface area contributed by atoms with E-state index in [1.807, 2.05) is 0 Å². The smallest absolute Gasteiger partial charge is 0.121 e. The Morgan fingerprint density at radius 1 is 0.786 bits per heavy atom. The van der Waals surface area contributed by atoms with Crippen LogP contribution in [0.3, 0.4) is 0 Å². The minimum absolute atomic E-state index is 0.390. The fourth-order valence-electron chi connectivity index (χ4n) is 4.32. The van der Waals surface area contributed by atoms with Crippen LogP contribution in [-0.4, -0.2) is 15.4 Å². The minimum Gasteiger partial charge on any atom is -0.257 e. The normalized spacial score (nSPS) is 11.6. The maximum Gasteiger partial charge on any atom is 0.121 e. The number of aromatic nitrogens is 3. The third-order valence-corrected chi connectivity index (χ3v) is 5.41. The van der Waals surface area contributed by atoms with Gasteiger partial charge >= 0.3 is 0 Å². The fourth-order valence-corrected chi connectivity index (χ4v) is 4.32. The van der Waals surface area contributed by atoms with Gasteiger partial charge in [-0.1, -0.05) is 93.6 Å². The van der Waals surface area contributed by atoms with Crippen molar-refractivity contribution in [1.29, 1.82) is 0 Å². The van der Waals surface area contributed by atoms with Crippen molar-refractivity contribution < 1.29 is 0 Å². The van der Waals surface area contributed by atoms with Crippen LogP contribution in [0.15, 0.2) is 60.7 Å². The van der Waals surface area contributed by atoms with Crippen LogP contribution >= 0.6 is 0 Å². The van der Waals surface area contributed by atoms with Crippen molar-refractivity contribution in [1.82, 2.24) is 15.4 Å². The molecule has 3 nitrogen and oxygen atoms in total. The Labute approximate surface area is 166 Å². The lowest BCUT2D eigenvalue weighted by molar-refractivity contribution is 0.784. The number of nitrogens with zero attached hydrogens (tertiary/aromatic N) is 2. The fraction of sp³-hybridized carbons (Fsp3) is 0.280. The number of fused-ring (bicyclic) bond motifs is 1. The first-order chi connectivity index (χ1) is 13.6. The first kappa shape index (κ1) is 18.4. The Morgan fingerprint density at radius 3 is 2.00 bits per heavy atom. The number of benzene rings is 3. The van der Waals surface area contributed by atoms with Crippen LogP contribution in [-0.2, 0) is 6.42 Å². The third kappa shape index (κ3) is 3.22. The summed E-state index contributed by atoms with van der Waals surface area (Å²) in [4.78, 5) is 0. The van der Waals surface area contributed by atoms with Gasteiger partial charge in [-0.25, -0.2) is 0 Å². The highest BCUT2D eigenvalue weighted by Crippen LogP contribution is 2.42. The highest BCUT2D eigenvalue weighted by atomic mass is 15.3. The number of nitrogens with one attached hydrogen (secondary N) is 1. The van der Waals surface area contributed by atoms with Crippen LogP contribution in [0.2, 0.25) is 0 Å². The number of hydrogen-bond acceptors (Lipinski definition) is 2. The van der Waals surface area contributed by atoms with Gasteiger partial charge in [0.25, 0.3) is 0 Å². The number of rotatable bonds is 5. The van der Waals surface area contributed by atoms with Crippen molar-refractivity contribution in [3.8, 4) is 11.1 Å². The molecule has 3 heteroatoms. The van der Waals surface area contributed by atoms with Gasteiger partial charge in [0.15, 0.2) is 0 Å². The molecule has 0 fully saturated rings. The molecule has 0 spiro atoms. The first-order valence-electron chi connectivity index (χ1n) is 10.1. The van der Waals surface area contributed by atoms with Crippen LogP contribution in [0, 0.1) is 0 Å². The standard InChI is InChI=1S/C25H27N3/c1-16(2)21-20(15-18-11-7-5-8-12-18)23(19-13-9-6-10-14-19)25-24(26-28-27-25)22(21)17(3)4/h5-14,16-17H,15H2,1-4H3,(H,26,27,28). The van der Waals surface area contributed by atoms with Crippen LogP contribution in [0.1, 0.15) is 61.8 Å². The van der Waals surface area contributed by atoms with Crippen molar-refractivity contribution in [3.05, 3.63) is 82.9 Å². The average Bonchev–Trinajstić information content (AvgIpc) is 3.17.